The summed E-state index contributed by atoms with van der Waals surface area (Å²) in [4.78, 5) is 16.7. The van der Waals surface area contributed by atoms with Crippen molar-refractivity contribution in [3.8, 4) is 0 Å². The molecule has 132 valence electrons. The Balaban J connectivity index is 1.89. The third kappa shape index (κ3) is 3.47. The summed E-state index contributed by atoms with van der Waals surface area (Å²) in [6.45, 7) is 9.30. The maximum Gasteiger partial charge on any atom is 0.264 e. The Morgan fingerprint density at radius 2 is 1.92 bits per heavy atom. The molecular weight excluding hydrogens is 330 g/mol. The van der Waals surface area contributed by atoms with E-state index in [1.54, 1.807) is 11.3 Å². The maximum absolute atomic E-state index is 13.0. The third-order valence-electron chi connectivity index (χ3n) is 4.54. The smallest absolute Gasteiger partial charge is 0.264 e. The molecule has 3 rings (SSSR count). The predicted molar refractivity (Wildman–Crippen MR) is 104 cm³/mol. The molecule has 0 bridgehead atoms. The number of carbonyl (C=O) groups is 1. The van der Waals surface area contributed by atoms with E-state index in [-0.39, 0.29) is 11.9 Å². The third-order valence-corrected chi connectivity index (χ3v) is 5.68. The summed E-state index contributed by atoms with van der Waals surface area (Å²) < 4.78 is 2.04. The summed E-state index contributed by atoms with van der Waals surface area (Å²) >= 11 is 1.55. The SMILES string of the molecule is Cc1nn(CC(C)C)c2sc(C(=O)N(C)C(C)c3ccccc3)cc12. The van der Waals surface area contributed by atoms with E-state index in [0.717, 1.165) is 32.9 Å². The van der Waals surface area contributed by atoms with E-state index in [2.05, 4.69) is 38.0 Å². The summed E-state index contributed by atoms with van der Waals surface area (Å²) in [5.41, 5.74) is 2.13. The van der Waals surface area contributed by atoms with Gasteiger partial charge in [0.25, 0.3) is 5.91 Å². The molecule has 0 fully saturated rings. The summed E-state index contributed by atoms with van der Waals surface area (Å²) in [7, 11) is 1.87. The summed E-state index contributed by atoms with van der Waals surface area (Å²) in [5, 5.41) is 5.71. The number of aromatic nitrogens is 2. The number of hydrogen-bond acceptors (Lipinski definition) is 3. The lowest BCUT2D eigenvalue weighted by atomic mass is 10.1. The van der Waals surface area contributed by atoms with Crippen molar-refractivity contribution in [3.05, 3.63) is 52.5 Å². The van der Waals surface area contributed by atoms with Crippen LogP contribution < -0.4 is 0 Å². The van der Waals surface area contributed by atoms with Crippen molar-refractivity contribution >= 4 is 27.5 Å². The first-order valence-corrected chi connectivity index (χ1v) is 9.49. The van der Waals surface area contributed by atoms with E-state index in [0.29, 0.717) is 5.92 Å². The number of nitrogens with zero attached hydrogens (tertiary/aromatic N) is 3. The van der Waals surface area contributed by atoms with Crippen LogP contribution in [0.2, 0.25) is 0 Å². The second-order valence-electron chi connectivity index (χ2n) is 6.99. The van der Waals surface area contributed by atoms with Crippen molar-refractivity contribution in [2.45, 2.75) is 40.3 Å². The number of thiophene rings is 1. The standard InChI is InChI=1S/C20H25N3OS/c1-13(2)12-23-20-17(14(3)21-23)11-18(25-20)19(24)22(5)15(4)16-9-7-6-8-10-16/h6-11,13,15H,12H2,1-5H3. The van der Waals surface area contributed by atoms with Crippen LogP contribution in [-0.4, -0.2) is 27.6 Å². The van der Waals surface area contributed by atoms with E-state index in [4.69, 9.17) is 0 Å². The van der Waals surface area contributed by atoms with Crippen LogP contribution in [0, 0.1) is 12.8 Å². The minimum atomic E-state index is 0.0344. The second kappa shape index (κ2) is 7.00. The fourth-order valence-corrected chi connectivity index (χ4v) is 4.15. The first-order valence-electron chi connectivity index (χ1n) is 8.67. The number of rotatable bonds is 5. The van der Waals surface area contributed by atoms with Gasteiger partial charge in [0.05, 0.1) is 16.6 Å². The zero-order valence-corrected chi connectivity index (χ0v) is 16.3. The van der Waals surface area contributed by atoms with Gasteiger partial charge in [-0.15, -0.1) is 11.3 Å². The molecule has 2 aromatic heterocycles. The van der Waals surface area contributed by atoms with Crippen LogP contribution in [0.1, 0.15) is 47.7 Å². The van der Waals surface area contributed by atoms with Gasteiger partial charge in [-0.05, 0) is 31.4 Å². The van der Waals surface area contributed by atoms with Crippen LogP contribution in [0.25, 0.3) is 10.2 Å². The molecule has 3 aromatic rings. The van der Waals surface area contributed by atoms with E-state index >= 15 is 0 Å². The number of aryl methyl sites for hydroxylation is 1. The molecule has 0 saturated carbocycles. The zero-order valence-electron chi connectivity index (χ0n) is 15.5. The highest BCUT2D eigenvalue weighted by molar-refractivity contribution is 7.20. The Kier molecular flexibility index (Phi) is 4.95. The van der Waals surface area contributed by atoms with Gasteiger partial charge in [0.2, 0.25) is 0 Å². The van der Waals surface area contributed by atoms with Gasteiger partial charge in [-0.25, -0.2) is 0 Å². The van der Waals surface area contributed by atoms with Gasteiger partial charge in [0.15, 0.2) is 0 Å². The van der Waals surface area contributed by atoms with Crippen molar-refractivity contribution in [3.63, 3.8) is 0 Å². The van der Waals surface area contributed by atoms with Gasteiger partial charge in [-0.2, -0.15) is 5.10 Å². The van der Waals surface area contributed by atoms with E-state index in [1.165, 1.54) is 0 Å². The number of hydrogen-bond donors (Lipinski definition) is 0. The Hall–Kier alpha value is -2.14. The van der Waals surface area contributed by atoms with E-state index in [9.17, 15) is 4.79 Å². The van der Waals surface area contributed by atoms with Gasteiger partial charge < -0.3 is 4.90 Å². The van der Waals surface area contributed by atoms with Crippen molar-refractivity contribution in [2.24, 2.45) is 5.92 Å². The van der Waals surface area contributed by atoms with Gasteiger partial charge >= 0.3 is 0 Å². The van der Waals surface area contributed by atoms with Crippen LogP contribution >= 0.6 is 11.3 Å². The molecule has 0 aliphatic carbocycles. The molecule has 1 atom stereocenters. The molecule has 4 nitrogen and oxygen atoms in total. The topological polar surface area (TPSA) is 38.1 Å². The molecule has 0 aliphatic heterocycles. The van der Waals surface area contributed by atoms with Crippen LogP contribution in [0.5, 0.6) is 0 Å². The van der Waals surface area contributed by atoms with E-state index < -0.39 is 0 Å². The monoisotopic (exact) mass is 355 g/mol. The summed E-state index contributed by atoms with van der Waals surface area (Å²) in [6.07, 6.45) is 0. The first kappa shape index (κ1) is 17.7. The molecule has 25 heavy (non-hydrogen) atoms. The molecule has 0 radical (unpaired) electrons. The van der Waals surface area contributed by atoms with Gasteiger partial charge in [-0.3, -0.25) is 9.48 Å². The quantitative estimate of drug-likeness (QED) is 0.653. The Morgan fingerprint density at radius 3 is 2.56 bits per heavy atom. The average molecular weight is 356 g/mol. The summed E-state index contributed by atoms with van der Waals surface area (Å²) in [5.74, 6) is 0.581. The first-order chi connectivity index (χ1) is 11.9. The Labute approximate surface area is 153 Å². The molecule has 0 saturated heterocycles. The molecule has 1 unspecified atom stereocenters. The highest BCUT2D eigenvalue weighted by atomic mass is 32.1. The zero-order chi connectivity index (χ0) is 18.1. The Morgan fingerprint density at radius 1 is 1.24 bits per heavy atom. The lowest BCUT2D eigenvalue weighted by Crippen LogP contribution is -2.29. The molecule has 1 aromatic carbocycles. The number of amides is 1. The predicted octanol–water partition coefficient (Wildman–Crippen LogP) is 4.90. The normalized spacial score (nSPS) is 12.7. The number of carbonyl (C=O) groups excluding carboxylic acids is 1. The van der Waals surface area contributed by atoms with Crippen molar-refractivity contribution in [1.82, 2.24) is 14.7 Å². The minimum absolute atomic E-state index is 0.0344. The summed E-state index contributed by atoms with van der Waals surface area (Å²) in [6, 6.07) is 12.2. The molecule has 5 heteroatoms. The van der Waals surface area contributed by atoms with Gasteiger partial charge in [0, 0.05) is 19.0 Å². The molecule has 0 N–H and O–H groups in total. The van der Waals surface area contributed by atoms with Gasteiger partial charge in [-0.1, -0.05) is 44.2 Å². The Bertz CT molecular complexity index is 879. The molecule has 1 amide bonds. The molecule has 0 spiro atoms. The lowest BCUT2D eigenvalue weighted by molar-refractivity contribution is 0.0747. The lowest BCUT2D eigenvalue weighted by Gasteiger charge is -2.24. The minimum Gasteiger partial charge on any atom is -0.334 e. The fourth-order valence-electron chi connectivity index (χ4n) is 2.99. The van der Waals surface area contributed by atoms with E-state index in [1.807, 2.05) is 47.8 Å². The van der Waals surface area contributed by atoms with Crippen LogP contribution in [0.15, 0.2) is 36.4 Å². The largest absolute Gasteiger partial charge is 0.334 e. The maximum atomic E-state index is 13.0. The van der Waals surface area contributed by atoms with Crippen LogP contribution in [0.4, 0.5) is 0 Å². The van der Waals surface area contributed by atoms with Crippen LogP contribution in [-0.2, 0) is 6.54 Å². The molecule has 2 heterocycles. The van der Waals surface area contributed by atoms with Crippen LogP contribution in [0.3, 0.4) is 0 Å². The highest BCUT2D eigenvalue weighted by Crippen LogP contribution is 2.31. The highest BCUT2D eigenvalue weighted by Gasteiger charge is 2.22. The number of benzene rings is 1. The molecule has 0 aliphatic rings. The molecular formula is C20H25N3OS. The average Bonchev–Trinajstić information content (AvgIpc) is 3.15. The second-order valence-corrected chi connectivity index (χ2v) is 8.02. The van der Waals surface area contributed by atoms with Crippen molar-refractivity contribution in [2.75, 3.05) is 7.05 Å². The van der Waals surface area contributed by atoms with Crippen molar-refractivity contribution in [1.29, 1.82) is 0 Å². The fraction of sp³-hybridized carbons (Fsp3) is 0.400. The van der Waals surface area contributed by atoms with Crippen molar-refractivity contribution < 1.29 is 4.79 Å². The number of fused-ring (bicyclic) bond motifs is 1. The van der Waals surface area contributed by atoms with Gasteiger partial charge in [0.1, 0.15) is 4.83 Å².